The molecule has 0 N–H and O–H groups in total. The summed E-state index contributed by atoms with van der Waals surface area (Å²) < 4.78 is 0. The molecule has 1 saturated heterocycles. The zero-order valence-corrected chi connectivity index (χ0v) is 13.4. The van der Waals surface area contributed by atoms with Gasteiger partial charge in [-0.05, 0) is 65.1 Å². The maximum atomic E-state index is 2.69. The van der Waals surface area contributed by atoms with Gasteiger partial charge in [-0.2, -0.15) is 0 Å². The van der Waals surface area contributed by atoms with Crippen molar-refractivity contribution in [3.63, 3.8) is 0 Å². The van der Waals surface area contributed by atoms with Gasteiger partial charge in [0.2, 0.25) is 0 Å². The van der Waals surface area contributed by atoms with E-state index in [1.807, 2.05) is 0 Å². The summed E-state index contributed by atoms with van der Waals surface area (Å²) in [7, 11) is 0. The Labute approximate surface area is 124 Å². The highest BCUT2D eigenvalue weighted by molar-refractivity contribution is 5.21. The van der Waals surface area contributed by atoms with E-state index in [2.05, 4.69) is 56.0 Å². The van der Waals surface area contributed by atoms with E-state index in [9.17, 15) is 0 Å². The molecule has 1 heteroatoms. The van der Waals surface area contributed by atoms with Crippen LogP contribution in [0.1, 0.15) is 50.7 Å². The summed E-state index contributed by atoms with van der Waals surface area (Å²) in [5, 5.41) is 0. The first-order valence-electron chi connectivity index (χ1n) is 8.10. The summed E-state index contributed by atoms with van der Waals surface area (Å²) in [4.78, 5) is 2.69. The van der Waals surface area contributed by atoms with E-state index in [0.717, 1.165) is 0 Å². The first kappa shape index (κ1) is 15.3. The van der Waals surface area contributed by atoms with Gasteiger partial charge >= 0.3 is 0 Å². The molecule has 0 spiro atoms. The third kappa shape index (κ3) is 4.79. The van der Waals surface area contributed by atoms with Gasteiger partial charge in [-0.15, -0.1) is 0 Å². The summed E-state index contributed by atoms with van der Waals surface area (Å²) in [5.41, 5.74) is 4.27. The molecule has 0 bridgehead atoms. The fraction of sp³-hybridized carbons (Fsp3) is 0.579. The minimum atomic E-state index is 0.626. The predicted octanol–water partition coefficient (Wildman–Crippen LogP) is 4.75. The van der Waals surface area contributed by atoms with Gasteiger partial charge in [0.05, 0.1) is 0 Å². The summed E-state index contributed by atoms with van der Waals surface area (Å²) in [6.45, 7) is 9.17. The smallest absolute Gasteiger partial charge is 0.0283 e. The third-order valence-corrected chi connectivity index (χ3v) is 4.23. The van der Waals surface area contributed by atoms with Crippen LogP contribution >= 0.6 is 0 Å². The van der Waals surface area contributed by atoms with Gasteiger partial charge in [0.1, 0.15) is 0 Å². The van der Waals surface area contributed by atoms with E-state index >= 15 is 0 Å². The SMILES string of the molecule is CC(C)=CC(CCc1ccc(C)cc1)N1CCCCC1. The Kier molecular flexibility index (Phi) is 5.85. The number of piperidine rings is 1. The molecule has 20 heavy (non-hydrogen) atoms. The van der Waals surface area contributed by atoms with E-state index in [1.54, 1.807) is 0 Å². The second-order valence-corrected chi connectivity index (χ2v) is 6.43. The van der Waals surface area contributed by atoms with E-state index in [1.165, 1.54) is 61.9 Å². The van der Waals surface area contributed by atoms with Crippen molar-refractivity contribution in [2.24, 2.45) is 0 Å². The minimum Gasteiger partial charge on any atom is -0.297 e. The summed E-state index contributed by atoms with van der Waals surface area (Å²) in [6.07, 6.45) is 9.06. The third-order valence-electron chi connectivity index (χ3n) is 4.23. The van der Waals surface area contributed by atoms with Crippen LogP contribution in [-0.2, 0) is 6.42 Å². The highest BCUT2D eigenvalue weighted by atomic mass is 15.2. The van der Waals surface area contributed by atoms with Crippen LogP contribution in [0.5, 0.6) is 0 Å². The fourth-order valence-corrected chi connectivity index (χ4v) is 3.08. The lowest BCUT2D eigenvalue weighted by atomic mass is 9.99. The van der Waals surface area contributed by atoms with Crippen molar-refractivity contribution in [1.29, 1.82) is 0 Å². The number of likely N-dealkylation sites (tertiary alicyclic amines) is 1. The zero-order chi connectivity index (χ0) is 14.4. The Balaban J connectivity index is 1.96. The quantitative estimate of drug-likeness (QED) is 0.699. The second kappa shape index (κ2) is 7.64. The van der Waals surface area contributed by atoms with Crippen molar-refractivity contribution in [3.05, 3.63) is 47.0 Å². The number of rotatable bonds is 5. The van der Waals surface area contributed by atoms with Crippen molar-refractivity contribution in [1.82, 2.24) is 4.90 Å². The van der Waals surface area contributed by atoms with Crippen molar-refractivity contribution in [2.45, 2.75) is 58.9 Å². The Morgan fingerprint density at radius 3 is 2.35 bits per heavy atom. The second-order valence-electron chi connectivity index (χ2n) is 6.43. The predicted molar refractivity (Wildman–Crippen MR) is 88.1 cm³/mol. The molecule has 0 amide bonds. The summed E-state index contributed by atoms with van der Waals surface area (Å²) >= 11 is 0. The summed E-state index contributed by atoms with van der Waals surface area (Å²) in [6, 6.07) is 9.65. The lowest BCUT2D eigenvalue weighted by Gasteiger charge is -2.33. The molecule has 0 aromatic heterocycles. The number of nitrogens with zero attached hydrogens (tertiary/aromatic N) is 1. The van der Waals surface area contributed by atoms with Crippen LogP contribution in [0, 0.1) is 6.92 Å². The normalized spacial score (nSPS) is 17.8. The molecule has 0 aliphatic carbocycles. The molecule has 1 heterocycles. The van der Waals surface area contributed by atoms with E-state index in [-0.39, 0.29) is 0 Å². The number of aryl methyl sites for hydroxylation is 2. The van der Waals surface area contributed by atoms with Gasteiger partial charge in [-0.1, -0.05) is 47.9 Å². The number of hydrogen-bond donors (Lipinski definition) is 0. The maximum Gasteiger partial charge on any atom is 0.0283 e. The topological polar surface area (TPSA) is 3.24 Å². The lowest BCUT2D eigenvalue weighted by molar-refractivity contribution is 0.183. The number of allylic oxidation sites excluding steroid dienone is 1. The highest BCUT2D eigenvalue weighted by Crippen LogP contribution is 2.18. The van der Waals surface area contributed by atoms with Crippen molar-refractivity contribution >= 4 is 0 Å². The molecular weight excluding hydrogens is 242 g/mol. The largest absolute Gasteiger partial charge is 0.297 e. The lowest BCUT2D eigenvalue weighted by Crippen LogP contribution is -2.38. The van der Waals surface area contributed by atoms with Gasteiger partial charge in [-0.25, -0.2) is 0 Å². The van der Waals surface area contributed by atoms with E-state index in [4.69, 9.17) is 0 Å². The van der Waals surface area contributed by atoms with Gasteiger partial charge < -0.3 is 0 Å². The molecule has 1 fully saturated rings. The van der Waals surface area contributed by atoms with Crippen LogP contribution in [0.15, 0.2) is 35.9 Å². The average Bonchev–Trinajstić information content (AvgIpc) is 2.46. The molecule has 0 radical (unpaired) electrons. The molecule has 1 aromatic rings. The van der Waals surface area contributed by atoms with Crippen LogP contribution in [0.2, 0.25) is 0 Å². The monoisotopic (exact) mass is 271 g/mol. The molecule has 1 atom stereocenters. The molecular formula is C19H29N. The Bertz CT molecular complexity index is 420. The molecule has 1 nitrogen and oxygen atoms in total. The number of hydrogen-bond acceptors (Lipinski definition) is 1. The molecule has 1 aliphatic heterocycles. The van der Waals surface area contributed by atoms with Crippen molar-refractivity contribution < 1.29 is 0 Å². The Morgan fingerprint density at radius 1 is 1.10 bits per heavy atom. The standard InChI is InChI=1S/C19H29N/c1-16(2)15-19(20-13-5-4-6-14-20)12-11-18-9-7-17(3)8-10-18/h7-10,15,19H,4-6,11-14H2,1-3H3. The van der Waals surface area contributed by atoms with Crippen molar-refractivity contribution in [2.75, 3.05) is 13.1 Å². The Hall–Kier alpha value is -1.08. The molecule has 0 saturated carbocycles. The highest BCUT2D eigenvalue weighted by Gasteiger charge is 2.18. The first-order valence-corrected chi connectivity index (χ1v) is 8.10. The van der Waals surface area contributed by atoms with Crippen LogP contribution in [0.25, 0.3) is 0 Å². The molecule has 1 unspecified atom stereocenters. The van der Waals surface area contributed by atoms with Gasteiger partial charge in [-0.3, -0.25) is 4.90 Å². The van der Waals surface area contributed by atoms with Gasteiger partial charge in [0.15, 0.2) is 0 Å². The fourth-order valence-electron chi connectivity index (χ4n) is 3.08. The van der Waals surface area contributed by atoms with Gasteiger partial charge in [0.25, 0.3) is 0 Å². The zero-order valence-electron chi connectivity index (χ0n) is 13.4. The average molecular weight is 271 g/mol. The first-order chi connectivity index (χ1) is 9.65. The molecule has 1 aromatic carbocycles. The van der Waals surface area contributed by atoms with Crippen LogP contribution in [0.4, 0.5) is 0 Å². The van der Waals surface area contributed by atoms with Crippen LogP contribution in [-0.4, -0.2) is 24.0 Å². The molecule has 110 valence electrons. The molecule has 2 rings (SSSR count). The van der Waals surface area contributed by atoms with E-state index in [0.29, 0.717) is 6.04 Å². The van der Waals surface area contributed by atoms with Crippen LogP contribution in [0.3, 0.4) is 0 Å². The molecule has 1 aliphatic rings. The number of benzene rings is 1. The van der Waals surface area contributed by atoms with Gasteiger partial charge in [0, 0.05) is 6.04 Å². The van der Waals surface area contributed by atoms with Crippen LogP contribution < -0.4 is 0 Å². The minimum absolute atomic E-state index is 0.626. The summed E-state index contributed by atoms with van der Waals surface area (Å²) in [5.74, 6) is 0. The van der Waals surface area contributed by atoms with E-state index < -0.39 is 0 Å². The maximum absolute atomic E-state index is 2.69. The van der Waals surface area contributed by atoms with Crippen molar-refractivity contribution in [3.8, 4) is 0 Å². The Morgan fingerprint density at radius 2 is 1.75 bits per heavy atom.